The molecule has 0 saturated heterocycles. The molecule has 0 spiro atoms. The fourth-order valence-electron chi connectivity index (χ4n) is 2.51. The van der Waals surface area contributed by atoms with Gasteiger partial charge in [0.15, 0.2) is 6.29 Å². The summed E-state index contributed by atoms with van der Waals surface area (Å²) in [5, 5.41) is 3.43. The van der Waals surface area contributed by atoms with Crippen LogP contribution in [0.5, 0.6) is 11.6 Å². The zero-order valence-electron chi connectivity index (χ0n) is 13.9. The Hall–Kier alpha value is -3.15. The van der Waals surface area contributed by atoms with E-state index in [1.807, 2.05) is 24.3 Å². The highest BCUT2D eigenvalue weighted by atomic mass is 19.1. The molecule has 1 heterocycles. The Balaban J connectivity index is 1.93. The molecule has 0 radical (unpaired) electrons. The van der Waals surface area contributed by atoms with Crippen LogP contribution in [0.1, 0.15) is 15.9 Å². The maximum atomic E-state index is 13.7. The van der Waals surface area contributed by atoms with Crippen molar-refractivity contribution in [3.05, 3.63) is 59.4 Å². The van der Waals surface area contributed by atoms with Crippen LogP contribution in [0.3, 0.4) is 0 Å². The maximum absolute atomic E-state index is 13.7. The maximum Gasteiger partial charge on any atom is 0.225 e. The molecule has 3 aromatic rings. The lowest BCUT2D eigenvalue weighted by Crippen LogP contribution is -2.02. The highest BCUT2D eigenvalue weighted by molar-refractivity contribution is 5.95. The number of benzene rings is 2. The van der Waals surface area contributed by atoms with Gasteiger partial charge in [-0.3, -0.25) is 4.79 Å². The number of ether oxygens (including phenoxy) is 2. The first-order chi connectivity index (χ1) is 12.1. The second kappa shape index (κ2) is 7.17. The van der Waals surface area contributed by atoms with Crippen molar-refractivity contribution in [3.8, 4) is 11.6 Å². The van der Waals surface area contributed by atoms with Crippen LogP contribution in [0, 0.1) is 5.82 Å². The standard InChI is InChI=1S/C19H17FN2O3/c1-21-17-9-15(20)8-13-7-14(10-23)19(22-18(13)17)25-11-12-3-5-16(24-2)6-4-12/h3-10,21H,11H2,1-2H3. The first-order valence-corrected chi connectivity index (χ1v) is 7.67. The van der Waals surface area contributed by atoms with Gasteiger partial charge in [0, 0.05) is 12.4 Å². The van der Waals surface area contributed by atoms with Gasteiger partial charge in [0.2, 0.25) is 5.88 Å². The Labute approximate surface area is 144 Å². The SMILES string of the molecule is CNc1cc(F)cc2cc(C=O)c(OCc3ccc(OC)cc3)nc12. The second-order valence-corrected chi connectivity index (χ2v) is 5.41. The van der Waals surface area contributed by atoms with E-state index >= 15 is 0 Å². The summed E-state index contributed by atoms with van der Waals surface area (Å²) in [4.78, 5) is 15.8. The Kier molecular flexibility index (Phi) is 4.79. The number of fused-ring (bicyclic) bond motifs is 1. The van der Waals surface area contributed by atoms with Gasteiger partial charge in [-0.15, -0.1) is 0 Å². The number of carbonyl (C=O) groups excluding carboxylic acids is 1. The molecule has 0 aliphatic carbocycles. The molecular formula is C19H17FN2O3. The average molecular weight is 340 g/mol. The van der Waals surface area contributed by atoms with Gasteiger partial charge in [-0.25, -0.2) is 9.37 Å². The molecule has 1 aromatic heterocycles. The molecule has 0 amide bonds. The molecule has 1 N–H and O–H groups in total. The molecule has 128 valence electrons. The number of rotatable bonds is 6. The van der Waals surface area contributed by atoms with Gasteiger partial charge >= 0.3 is 0 Å². The number of carbonyl (C=O) groups is 1. The molecule has 0 saturated carbocycles. The minimum Gasteiger partial charge on any atom is -0.497 e. The minimum atomic E-state index is -0.401. The van der Waals surface area contributed by atoms with Crippen molar-refractivity contribution in [1.29, 1.82) is 0 Å². The van der Waals surface area contributed by atoms with E-state index in [0.717, 1.165) is 11.3 Å². The zero-order valence-corrected chi connectivity index (χ0v) is 13.9. The molecule has 2 aromatic carbocycles. The van der Waals surface area contributed by atoms with Crippen molar-refractivity contribution in [2.75, 3.05) is 19.5 Å². The average Bonchev–Trinajstić information content (AvgIpc) is 2.65. The topological polar surface area (TPSA) is 60.5 Å². The van der Waals surface area contributed by atoms with Crippen LogP contribution in [0.4, 0.5) is 10.1 Å². The van der Waals surface area contributed by atoms with Gasteiger partial charge in [-0.05, 0) is 35.9 Å². The van der Waals surface area contributed by atoms with Crippen molar-refractivity contribution in [3.63, 3.8) is 0 Å². The van der Waals surface area contributed by atoms with E-state index in [1.165, 1.54) is 12.1 Å². The minimum absolute atomic E-state index is 0.210. The third-order valence-electron chi connectivity index (χ3n) is 3.81. The number of methoxy groups -OCH3 is 1. The fourth-order valence-corrected chi connectivity index (χ4v) is 2.51. The van der Waals surface area contributed by atoms with Crippen LogP contribution in [-0.2, 0) is 6.61 Å². The van der Waals surface area contributed by atoms with E-state index in [9.17, 15) is 9.18 Å². The third kappa shape index (κ3) is 3.52. The number of anilines is 1. The molecular weight excluding hydrogens is 323 g/mol. The highest BCUT2D eigenvalue weighted by Crippen LogP contribution is 2.28. The number of hydrogen-bond donors (Lipinski definition) is 1. The normalized spacial score (nSPS) is 10.5. The summed E-state index contributed by atoms with van der Waals surface area (Å²) in [7, 11) is 3.28. The third-order valence-corrected chi connectivity index (χ3v) is 3.81. The monoisotopic (exact) mass is 340 g/mol. The molecule has 25 heavy (non-hydrogen) atoms. The first-order valence-electron chi connectivity index (χ1n) is 7.67. The van der Waals surface area contributed by atoms with Crippen LogP contribution in [-0.4, -0.2) is 25.4 Å². The van der Waals surface area contributed by atoms with Gasteiger partial charge in [0.1, 0.15) is 18.2 Å². The Morgan fingerprint density at radius 3 is 2.60 bits per heavy atom. The molecule has 0 aliphatic heterocycles. The van der Waals surface area contributed by atoms with Crippen molar-refractivity contribution >= 4 is 22.9 Å². The van der Waals surface area contributed by atoms with E-state index in [1.54, 1.807) is 20.2 Å². The quantitative estimate of drug-likeness (QED) is 0.691. The van der Waals surface area contributed by atoms with Gasteiger partial charge in [-0.2, -0.15) is 0 Å². The van der Waals surface area contributed by atoms with Crippen LogP contribution in [0.15, 0.2) is 42.5 Å². The summed E-state index contributed by atoms with van der Waals surface area (Å²) in [6, 6.07) is 11.7. The van der Waals surface area contributed by atoms with Gasteiger partial charge in [0.25, 0.3) is 0 Å². The van der Waals surface area contributed by atoms with E-state index in [0.29, 0.717) is 22.9 Å². The summed E-state index contributed by atoms with van der Waals surface area (Å²) < 4.78 is 24.5. The highest BCUT2D eigenvalue weighted by Gasteiger charge is 2.12. The second-order valence-electron chi connectivity index (χ2n) is 5.41. The number of aromatic nitrogens is 1. The van der Waals surface area contributed by atoms with Crippen LogP contribution in [0.25, 0.3) is 10.9 Å². The summed E-state index contributed by atoms with van der Waals surface area (Å²) in [6.45, 7) is 0.249. The number of nitrogens with one attached hydrogen (secondary N) is 1. The predicted molar refractivity (Wildman–Crippen MR) is 94.0 cm³/mol. The van der Waals surface area contributed by atoms with Crippen molar-refractivity contribution in [2.24, 2.45) is 0 Å². The van der Waals surface area contributed by atoms with Crippen LogP contribution < -0.4 is 14.8 Å². The lowest BCUT2D eigenvalue weighted by atomic mass is 10.1. The molecule has 0 aliphatic rings. The Morgan fingerprint density at radius 2 is 1.96 bits per heavy atom. The first kappa shape index (κ1) is 16.7. The van der Waals surface area contributed by atoms with E-state index in [4.69, 9.17) is 9.47 Å². The Bertz CT molecular complexity index is 911. The lowest BCUT2D eigenvalue weighted by Gasteiger charge is -2.12. The number of aldehydes is 1. The van der Waals surface area contributed by atoms with Crippen LogP contribution in [0.2, 0.25) is 0 Å². The molecule has 6 heteroatoms. The van der Waals surface area contributed by atoms with Gasteiger partial charge in [0.05, 0.1) is 23.9 Å². The van der Waals surface area contributed by atoms with Gasteiger partial charge < -0.3 is 14.8 Å². The van der Waals surface area contributed by atoms with E-state index in [-0.39, 0.29) is 18.1 Å². The van der Waals surface area contributed by atoms with E-state index in [2.05, 4.69) is 10.3 Å². The summed E-state index contributed by atoms with van der Waals surface area (Å²) in [5.41, 5.74) is 2.25. The molecule has 5 nitrogen and oxygen atoms in total. The number of hydrogen-bond acceptors (Lipinski definition) is 5. The number of nitrogens with zero attached hydrogens (tertiary/aromatic N) is 1. The summed E-state index contributed by atoms with van der Waals surface area (Å²) in [5.74, 6) is 0.561. The Morgan fingerprint density at radius 1 is 1.20 bits per heavy atom. The van der Waals surface area contributed by atoms with Crippen molar-refractivity contribution in [2.45, 2.75) is 6.61 Å². The fraction of sp³-hybridized carbons (Fsp3) is 0.158. The molecule has 0 unspecified atom stereocenters. The van der Waals surface area contributed by atoms with Crippen molar-refractivity contribution < 1.29 is 18.7 Å². The van der Waals surface area contributed by atoms with E-state index < -0.39 is 5.82 Å². The predicted octanol–water partition coefficient (Wildman–Crippen LogP) is 3.82. The molecule has 0 fully saturated rings. The summed E-state index contributed by atoms with van der Waals surface area (Å²) in [6.07, 6.45) is 0.653. The summed E-state index contributed by atoms with van der Waals surface area (Å²) >= 11 is 0. The number of halogens is 1. The molecule has 0 atom stereocenters. The zero-order chi connectivity index (χ0) is 17.8. The molecule has 0 bridgehead atoms. The van der Waals surface area contributed by atoms with Crippen LogP contribution >= 0.6 is 0 Å². The largest absolute Gasteiger partial charge is 0.497 e. The van der Waals surface area contributed by atoms with Crippen molar-refractivity contribution in [1.82, 2.24) is 4.98 Å². The van der Waals surface area contributed by atoms with Gasteiger partial charge in [-0.1, -0.05) is 12.1 Å². The number of pyridine rings is 1. The smallest absolute Gasteiger partial charge is 0.225 e. The lowest BCUT2D eigenvalue weighted by molar-refractivity contribution is 0.111. The molecule has 3 rings (SSSR count).